The van der Waals surface area contributed by atoms with E-state index in [2.05, 4.69) is 20.6 Å². The van der Waals surface area contributed by atoms with Gasteiger partial charge >= 0.3 is 0 Å². The number of aromatic nitrogens is 2. The van der Waals surface area contributed by atoms with E-state index in [0.717, 1.165) is 5.56 Å². The van der Waals surface area contributed by atoms with Crippen molar-refractivity contribution >= 4 is 23.2 Å². The average molecular weight is 378 g/mol. The first kappa shape index (κ1) is 19.2. The lowest BCUT2D eigenvalue weighted by molar-refractivity contribution is 0.102. The zero-order valence-corrected chi connectivity index (χ0v) is 16.2. The van der Waals surface area contributed by atoms with Gasteiger partial charge in [-0.2, -0.15) is 0 Å². The molecule has 3 rings (SSSR count). The highest BCUT2D eigenvalue weighted by Gasteiger charge is 2.13. The van der Waals surface area contributed by atoms with Gasteiger partial charge in [0.2, 0.25) is 5.95 Å². The molecule has 1 aromatic heterocycles. The lowest BCUT2D eigenvalue weighted by atomic mass is 10.2. The number of carbonyl (C=O) groups excluding carboxylic acids is 1. The monoisotopic (exact) mass is 378 g/mol. The minimum atomic E-state index is -0.309. The van der Waals surface area contributed by atoms with E-state index in [4.69, 9.17) is 9.47 Å². The van der Waals surface area contributed by atoms with Crippen LogP contribution in [-0.2, 0) is 0 Å². The van der Waals surface area contributed by atoms with Gasteiger partial charge in [-0.3, -0.25) is 4.79 Å². The lowest BCUT2D eigenvalue weighted by Gasteiger charge is -2.13. The summed E-state index contributed by atoms with van der Waals surface area (Å²) in [7, 11) is 3.16. The molecule has 144 valence electrons. The lowest BCUT2D eigenvalue weighted by Crippen LogP contribution is -2.15. The van der Waals surface area contributed by atoms with Gasteiger partial charge in [0, 0.05) is 17.4 Å². The SMILES string of the molecule is COc1ccc(OC)c(Nc2nc(C)cc(C(=O)Nc3cccc(C)c3)n2)c1. The van der Waals surface area contributed by atoms with Crippen LogP contribution >= 0.6 is 0 Å². The molecule has 0 atom stereocenters. The predicted molar refractivity (Wildman–Crippen MR) is 109 cm³/mol. The molecule has 7 heteroatoms. The molecule has 0 saturated heterocycles. The summed E-state index contributed by atoms with van der Waals surface area (Å²) in [6.45, 7) is 3.77. The van der Waals surface area contributed by atoms with Gasteiger partial charge < -0.3 is 20.1 Å². The number of rotatable bonds is 6. The summed E-state index contributed by atoms with van der Waals surface area (Å²) in [5, 5.41) is 5.96. The smallest absolute Gasteiger partial charge is 0.274 e. The summed E-state index contributed by atoms with van der Waals surface area (Å²) in [6, 6.07) is 14.6. The van der Waals surface area contributed by atoms with E-state index >= 15 is 0 Å². The zero-order chi connectivity index (χ0) is 20.1. The van der Waals surface area contributed by atoms with Gasteiger partial charge in [-0.25, -0.2) is 9.97 Å². The first-order valence-electron chi connectivity index (χ1n) is 8.71. The second kappa shape index (κ2) is 8.39. The Morgan fingerprint density at radius 2 is 1.79 bits per heavy atom. The van der Waals surface area contributed by atoms with Crippen LogP contribution in [0.1, 0.15) is 21.7 Å². The van der Waals surface area contributed by atoms with Crippen molar-refractivity contribution in [1.29, 1.82) is 0 Å². The number of hydrogen-bond acceptors (Lipinski definition) is 6. The molecule has 0 aliphatic rings. The Morgan fingerprint density at radius 3 is 2.50 bits per heavy atom. The maximum atomic E-state index is 12.6. The summed E-state index contributed by atoms with van der Waals surface area (Å²) in [5.74, 6) is 1.25. The maximum absolute atomic E-state index is 12.6. The molecule has 2 N–H and O–H groups in total. The first-order valence-corrected chi connectivity index (χ1v) is 8.71. The van der Waals surface area contributed by atoms with E-state index in [0.29, 0.717) is 34.5 Å². The maximum Gasteiger partial charge on any atom is 0.274 e. The van der Waals surface area contributed by atoms with Crippen molar-refractivity contribution in [3.63, 3.8) is 0 Å². The molecule has 2 aromatic carbocycles. The highest BCUT2D eigenvalue weighted by molar-refractivity contribution is 6.03. The minimum Gasteiger partial charge on any atom is -0.497 e. The summed E-state index contributed by atoms with van der Waals surface area (Å²) in [4.78, 5) is 21.3. The van der Waals surface area contributed by atoms with Gasteiger partial charge in [-0.05, 0) is 49.7 Å². The number of nitrogens with zero attached hydrogens (tertiary/aromatic N) is 2. The van der Waals surface area contributed by atoms with Crippen LogP contribution in [0.3, 0.4) is 0 Å². The molecule has 0 spiro atoms. The van der Waals surface area contributed by atoms with Crippen molar-refractivity contribution in [2.45, 2.75) is 13.8 Å². The molecular formula is C21H22N4O3. The molecule has 7 nitrogen and oxygen atoms in total. The summed E-state index contributed by atoms with van der Waals surface area (Å²) >= 11 is 0. The Morgan fingerprint density at radius 1 is 0.964 bits per heavy atom. The van der Waals surface area contributed by atoms with E-state index < -0.39 is 0 Å². The van der Waals surface area contributed by atoms with Gasteiger partial charge in [0.25, 0.3) is 5.91 Å². The van der Waals surface area contributed by atoms with E-state index in [1.54, 1.807) is 45.4 Å². The third-order valence-corrected chi connectivity index (χ3v) is 4.02. The average Bonchev–Trinajstić information content (AvgIpc) is 2.67. The Kier molecular flexibility index (Phi) is 5.74. The number of anilines is 3. The summed E-state index contributed by atoms with van der Waals surface area (Å²) in [5.41, 5.74) is 3.33. The van der Waals surface area contributed by atoms with E-state index in [1.165, 1.54) is 0 Å². The second-order valence-corrected chi connectivity index (χ2v) is 6.23. The van der Waals surface area contributed by atoms with Gasteiger partial charge in [-0.15, -0.1) is 0 Å². The Hall–Kier alpha value is -3.61. The molecule has 28 heavy (non-hydrogen) atoms. The number of hydrogen-bond donors (Lipinski definition) is 2. The van der Waals surface area contributed by atoms with E-state index in [-0.39, 0.29) is 11.6 Å². The quantitative estimate of drug-likeness (QED) is 0.671. The molecular weight excluding hydrogens is 356 g/mol. The Labute approximate surface area is 163 Å². The van der Waals surface area contributed by atoms with Crippen molar-refractivity contribution in [2.75, 3.05) is 24.9 Å². The number of methoxy groups -OCH3 is 2. The molecule has 1 heterocycles. The van der Waals surface area contributed by atoms with Crippen molar-refractivity contribution in [2.24, 2.45) is 0 Å². The van der Waals surface area contributed by atoms with Gasteiger partial charge in [0.05, 0.1) is 19.9 Å². The van der Waals surface area contributed by atoms with Crippen molar-refractivity contribution in [1.82, 2.24) is 9.97 Å². The van der Waals surface area contributed by atoms with Crippen LogP contribution in [0.2, 0.25) is 0 Å². The van der Waals surface area contributed by atoms with Crippen molar-refractivity contribution in [3.8, 4) is 11.5 Å². The van der Waals surface area contributed by atoms with Gasteiger partial charge in [-0.1, -0.05) is 12.1 Å². The van der Waals surface area contributed by atoms with Crippen molar-refractivity contribution in [3.05, 3.63) is 65.5 Å². The number of aryl methyl sites for hydroxylation is 2. The minimum absolute atomic E-state index is 0.262. The van der Waals surface area contributed by atoms with Crippen LogP contribution in [0.4, 0.5) is 17.3 Å². The predicted octanol–water partition coefficient (Wildman–Crippen LogP) is 4.11. The molecule has 0 unspecified atom stereocenters. The van der Waals surface area contributed by atoms with Crippen LogP contribution in [0.25, 0.3) is 0 Å². The van der Waals surface area contributed by atoms with Crippen LogP contribution < -0.4 is 20.1 Å². The fourth-order valence-corrected chi connectivity index (χ4v) is 2.69. The normalized spacial score (nSPS) is 10.3. The highest BCUT2D eigenvalue weighted by Crippen LogP contribution is 2.30. The third-order valence-electron chi connectivity index (χ3n) is 4.02. The highest BCUT2D eigenvalue weighted by atomic mass is 16.5. The van der Waals surface area contributed by atoms with Crippen LogP contribution in [0.5, 0.6) is 11.5 Å². The summed E-state index contributed by atoms with van der Waals surface area (Å²) < 4.78 is 10.6. The third kappa shape index (κ3) is 4.56. The molecule has 0 radical (unpaired) electrons. The number of ether oxygens (including phenoxy) is 2. The second-order valence-electron chi connectivity index (χ2n) is 6.23. The molecule has 0 saturated carbocycles. The number of carbonyl (C=O) groups is 1. The van der Waals surface area contributed by atoms with Crippen molar-refractivity contribution < 1.29 is 14.3 Å². The zero-order valence-electron chi connectivity index (χ0n) is 16.2. The molecule has 0 aliphatic heterocycles. The first-order chi connectivity index (χ1) is 13.5. The topological polar surface area (TPSA) is 85.4 Å². The standard InChI is InChI=1S/C21H22N4O3/c1-13-6-5-7-15(10-13)23-20(26)18-11-14(2)22-21(25-18)24-17-12-16(27-3)8-9-19(17)28-4/h5-12H,1-4H3,(H,23,26)(H,22,24,25). The molecule has 0 aliphatic carbocycles. The largest absolute Gasteiger partial charge is 0.497 e. The molecule has 0 fully saturated rings. The Bertz CT molecular complexity index is 1000. The molecule has 1 amide bonds. The number of amides is 1. The Balaban J connectivity index is 1.86. The molecule has 3 aromatic rings. The van der Waals surface area contributed by atoms with Crippen LogP contribution in [0.15, 0.2) is 48.5 Å². The number of nitrogens with one attached hydrogen (secondary N) is 2. The summed E-state index contributed by atoms with van der Waals surface area (Å²) in [6.07, 6.45) is 0. The number of benzene rings is 2. The van der Waals surface area contributed by atoms with Crippen LogP contribution in [0, 0.1) is 13.8 Å². The van der Waals surface area contributed by atoms with Crippen LogP contribution in [-0.4, -0.2) is 30.1 Å². The van der Waals surface area contributed by atoms with Gasteiger partial charge in [0.1, 0.15) is 17.2 Å². The fourth-order valence-electron chi connectivity index (χ4n) is 2.69. The van der Waals surface area contributed by atoms with E-state index in [9.17, 15) is 4.79 Å². The van der Waals surface area contributed by atoms with E-state index in [1.807, 2.05) is 31.2 Å². The fraction of sp³-hybridized carbons (Fsp3) is 0.190. The van der Waals surface area contributed by atoms with Gasteiger partial charge in [0.15, 0.2) is 0 Å². The molecule has 0 bridgehead atoms.